The van der Waals surface area contributed by atoms with Crippen LogP contribution in [0.3, 0.4) is 0 Å². The Bertz CT molecular complexity index is 982. The highest BCUT2D eigenvalue weighted by molar-refractivity contribution is 7.09. The molecule has 6 nitrogen and oxygen atoms in total. The van der Waals surface area contributed by atoms with Gasteiger partial charge in [0.15, 0.2) is 6.61 Å². The molecule has 4 rings (SSSR count). The first-order valence-electron chi connectivity index (χ1n) is 12.7. The number of carbonyl (C=O) groups is 2. The third kappa shape index (κ3) is 5.89. The van der Waals surface area contributed by atoms with Crippen molar-refractivity contribution in [2.45, 2.75) is 65.1 Å². The normalized spacial score (nSPS) is 31.1. The largest absolute Gasteiger partial charge is 0.484 e. The lowest BCUT2D eigenvalue weighted by atomic mass is 9.51. The van der Waals surface area contributed by atoms with Gasteiger partial charge < -0.3 is 20.5 Å². The third-order valence-corrected chi connectivity index (χ3v) is 9.30. The third-order valence-electron chi connectivity index (χ3n) is 8.42. The number of hydrogen-bond donors (Lipinski definition) is 3. The predicted octanol–water partition coefficient (Wildman–Crippen LogP) is 4.39. The van der Waals surface area contributed by atoms with Crippen LogP contribution in [0, 0.1) is 29.1 Å². The fourth-order valence-electron chi connectivity index (χ4n) is 6.35. The number of para-hydroxylation sites is 1. The van der Waals surface area contributed by atoms with Crippen molar-refractivity contribution in [2.75, 3.05) is 6.61 Å². The van der Waals surface area contributed by atoms with Gasteiger partial charge in [-0.25, -0.2) is 0 Å². The summed E-state index contributed by atoms with van der Waals surface area (Å²) < 4.78 is 5.61. The van der Waals surface area contributed by atoms with Crippen molar-refractivity contribution in [2.24, 2.45) is 29.1 Å². The standard InChI is InChI=1S/C28H38N2O4S/c1-18(27(33)29-16-21-10-7-15-35-21)22-11-13-28(3)14-12-23(19(2)25(28)26(22)32)30-24(31)17-34-20-8-5-4-6-9-20/h4-10,15,18-19,22-23,25-26,32H,11-14,16-17H2,1-3H3,(H,29,33)(H,30,31)/t18-,19-,22+,23-,25+,26-,28+/m0/s1. The van der Waals surface area contributed by atoms with Crippen molar-refractivity contribution >= 4 is 23.2 Å². The fourth-order valence-corrected chi connectivity index (χ4v) is 7.00. The van der Waals surface area contributed by atoms with Crippen LogP contribution in [-0.4, -0.2) is 35.7 Å². The van der Waals surface area contributed by atoms with E-state index in [0.717, 1.165) is 30.6 Å². The Morgan fingerprint density at radius 1 is 1.17 bits per heavy atom. The molecule has 7 heteroatoms. The zero-order chi connectivity index (χ0) is 25.0. The number of fused-ring (bicyclic) bond motifs is 1. The molecule has 0 aliphatic heterocycles. The van der Waals surface area contributed by atoms with Gasteiger partial charge in [0.05, 0.1) is 12.6 Å². The molecule has 0 spiro atoms. The monoisotopic (exact) mass is 498 g/mol. The molecule has 2 aromatic rings. The number of carbonyl (C=O) groups excluding carboxylic acids is 2. The quantitative estimate of drug-likeness (QED) is 0.504. The van der Waals surface area contributed by atoms with Crippen LogP contribution in [0.4, 0.5) is 0 Å². The number of rotatable bonds is 8. The number of aliphatic hydroxyl groups is 1. The lowest BCUT2D eigenvalue weighted by molar-refractivity contribution is -0.144. The van der Waals surface area contributed by atoms with Crippen LogP contribution >= 0.6 is 11.3 Å². The zero-order valence-corrected chi connectivity index (χ0v) is 21.7. The van der Waals surface area contributed by atoms with E-state index in [0.29, 0.717) is 12.3 Å². The number of benzene rings is 1. The molecule has 2 saturated carbocycles. The summed E-state index contributed by atoms with van der Waals surface area (Å²) in [7, 11) is 0. The first-order valence-corrected chi connectivity index (χ1v) is 13.6. The van der Waals surface area contributed by atoms with Crippen molar-refractivity contribution in [1.29, 1.82) is 0 Å². The Kier molecular flexibility index (Phi) is 8.17. The van der Waals surface area contributed by atoms with Gasteiger partial charge in [-0.15, -0.1) is 11.3 Å². The van der Waals surface area contributed by atoms with Crippen LogP contribution < -0.4 is 15.4 Å². The maximum atomic E-state index is 12.9. The van der Waals surface area contributed by atoms with Crippen LogP contribution in [0.1, 0.15) is 51.3 Å². The zero-order valence-electron chi connectivity index (χ0n) is 20.9. The predicted molar refractivity (Wildman–Crippen MR) is 138 cm³/mol. The summed E-state index contributed by atoms with van der Waals surface area (Å²) in [6.45, 7) is 6.85. The summed E-state index contributed by atoms with van der Waals surface area (Å²) in [4.78, 5) is 26.7. The summed E-state index contributed by atoms with van der Waals surface area (Å²) in [6.07, 6.45) is 3.10. The van der Waals surface area contributed by atoms with E-state index in [1.165, 1.54) is 0 Å². The Hall–Kier alpha value is -2.38. The highest BCUT2D eigenvalue weighted by Crippen LogP contribution is 2.55. The van der Waals surface area contributed by atoms with Crippen LogP contribution in [0.25, 0.3) is 0 Å². The molecule has 1 aromatic heterocycles. The van der Waals surface area contributed by atoms with Gasteiger partial charge in [0.1, 0.15) is 5.75 Å². The lowest BCUT2D eigenvalue weighted by Crippen LogP contribution is -2.58. The molecule has 2 aliphatic rings. The molecule has 1 aromatic carbocycles. The second-order valence-corrected chi connectivity index (χ2v) is 11.7. The Labute approximate surface area is 212 Å². The van der Waals surface area contributed by atoms with Crippen molar-refractivity contribution in [1.82, 2.24) is 10.6 Å². The van der Waals surface area contributed by atoms with Gasteiger partial charge in [0, 0.05) is 16.8 Å². The Morgan fingerprint density at radius 3 is 2.63 bits per heavy atom. The molecule has 2 fully saturated rings. The average Bonchev–Trinajstić information content (AvgIpc) is 3.37. The highest BCUT2D eigenvalue weighted by Gasteiger charge is 2.53. The van der Waals surface area contributed by atoms with Gasteiger partial charge in [0.25, 0.3) is 5.91 Å². The van der Waals surface area contributed by atoms with Crippen LogP contribution in [-0.2, 0) is 16.1 Å². The van der Waals surface area contributed by atoms with Crippen LogP contribution in [0.5, 0.6) is 5.75 Å². The number of ether oxygens (including phenoxy) is 1. The number of amides is 2. The van der Waals surface area contributed by atoms with E-state index in [2.05, 4.69) is 24.5 Å². The van der Waals surface area contributed by atoms with E-state index in [4.69, 9.17) is 4.74 Å². The van der Waals surface area contributed by atoms with E-state index in [-0.39, 0.29) is 53.5 Å². The fraction of sp³-hybridized carbons (Fsp3) is 0.571. The molecule has 35 heavy (non-hydrogen) atoms. The maximum Gasteiger partial charge on any atom is 0.258 e. The Morgan fingerprint density at radius 2 is 1.91 bits per heavy atom. The minimum Gasteiger partial charge on any atom is -0.484 e. The summed E-state index contributed by atoms with van der Waals surface area (Å²) in [5.74, 6) is 0.306. The van der Waals surface area contributed by atoms with Crippen molar-refractivity contribution in [3.8, 4) is 5.75 Å². The SMILES string of the molecule is C[C@@H]1[C@@H]2[C@@H](O)[C@@H]([C@H](C)C(=O)NCc3cccs3)CC[C@]2(C)CC[C@@H]1NC(=O)COc1ccccc1. The van der Waals surface area contributed by atoms with E-state index in [1.807, 2.05) is 54.8 Å². The minimum absolute atomic E-state index is 0.00238. The molecule has 0 radical (unpaired) electrons. The van der Waals surface area contributed by atoms with E-state index >= 15 is 0 Å². The molecule has 0 unspecified atom stereocenters. The first-order chi connectivity index (χ1) is 16.8. The minimum atomic E-state index is -0.577. The number of aliphatic hydroxyl groups excluding tert-OH is 1. The molecule has 2 aliphatic carbocycles. The van der Waals surface area contributed by atoms with Gasteiger partial charge in [-0.05, 0) is 72.4 Å². The van der Waals surface area contributed by atoms with E-state index in [9.17, 15) is 14.7 Å². The molecule has 1 heterocycles. The van der Waals surface area contributed by atoms with Crippen molar-refractivity contribution in [3.05, 3.63) is 52.7 Å². The highest BCUT2D eigenvalue weighted by atomic mass is 32.1. The molecule has 2 amide bonds. The van der Waals surface area contributed by atoms with Crippen LogP contribution in [0.15, 0.2) is 47.8 Å². The van der Waals surface area contributed by atoms with E-state index in [1.54, 1.807) is 11.3 Å². The Balaban J connectivity index is 1.36. The molecule has 3 N–H and O–H groups in total. The second-order valence-electron chi connectivity index (χ2n) is 10.6. The summed E-state index contributed by atoms with van der Waals surface area (Å²) in [5, 5.41) is 19.8. The van der Waals surface area contributed by atoms with Crippen molar-refractivity contribution < 1.29 is 19.4 Å². The van der Waals surface area contributed by atoms with E-state index < -0.39 is 6.10 Å². The van der Waals surface area contributed by atoms with Gasteiger partial charge in [0.2, 0.25) is 5.91 Å². The molecule has 0 bridgehead atoms. The molecule has 7 atom stereocenters. The topological polar surface area (TPSA) is 87.7 Å². The summed E-state index contributed by atoms with van der Waals surface area (Å²) in [5.41, 5.74) is 0.0181. The van der Waals surface area contributed by atoms with Crippen molar-refractivity contribution in [3.63, 3.8) is 0 Å². The summed E-state index contributed by atoms with van der Waals surface area (Å²) in [6, 6.07) is 13.3. The number of thiophene rings is 1. The molecule has 0 saturated heterocycles. The number of hydrogen-bond acceptors (Lipinski definition) is 5. The molecular formula is C28H38N2O4S. The summed E-state index contributed by atoms with van der Waals surface area (Å²) >= 11 is 1.63. The average molecular weight is 499 g/mol. The second kappa shape index (κ2) is 11.1. The number of nitrogens with one attached hydrogen (secondary N) is 2. The van der Waals surface area contributed by atoms with Gasteiger partial charge in [-0.2, -0.15) is 0 Å². The lowest BCUT2D eigenvalue weighted by Gasteiger charge is -2.56. The van der Waals surface area contributed by atoms with Crippen LogP contribution in [0.2, 0.25) is 0 Å². The molecular weight excluding hydrogens is 460 g/mol. The smallest absolute Gasteiger partial charge is 0.258 e. The maximum absolute atomic E-state index is 12.9. The molecule has 190 valence electrons. The first kappa shape index (κ1) is 25.7. The van der Waals surface area contributed by atoms with Gasteiger partial charge >= 0.3 is 0 Å². The van der Waals surface area contributed by atoms with Gasteiger partial charge in [-0.1, -0.05) is 45.0 Å². The van der Waals surface area contributed by atoms with Gasteiger partial charge in [-0.3, -0.25) is 9.59 Å².